The van der Waals surface area contributed by atoms with Gasteiger partial charge in [0.25, 0.3) is 0 Å². The molecule has 0 radical (unpaired) electrons. The molecule has 3 aromatic rings. The van der Waals surface area contributed by atoms with E-state index in [4.69, 9.17) is 0 Å². The lowest BCUT2D eigenvalue weighted by molar-refractivity contribution is -0.121. The zero-order valence-electron chi connectivity index (χ0n) is 17.6. The highest BCUT2D eigenvalue weighted by molar-refractivity contribution is 7.09. The summed E-state index contributed by atoms with van der Waals surface area (Å²) in [7, 11) is 0. The topological polar surface area (TPSA) is 75.9 Å². The van der Waals surface area contributed by atoms with Gasteiger partial charge in [-0.05, 0) is 68.7 Å². The van der Waals surface area contributed by atoms with Crippen molar-refractivity contribution in [1.29, 1.82) is 0 Å². The quantitative estimate of drug-likeness (QED) is 0.627. The lowest BCUT2D eigenvalue weighted by Gasteiger charge is -2.27. The minimum Gasteiger partial charge on any atom is -0.355 e. The van der Waals surface area contributed by atoms with E-state index in [0.717, 1.165) is 40.7 Å². The van der Waals surface area contributed by atoms with Crippen molar-refractivity contribution in [3.05, 3.63) is 51.5 Å². The molecule has 1 saturated heterocycles. The number of nitrogens with zero attached hydrogens (tertiary/aromatic N) is 5. The molecule has 0 aliphatic carbocycles. The van der Waals surface area contributed by atoms with Crippen molar-refractivity contribution < 1.29 is 4.79 Å². The maximum Gasteiger partial charge on any atom is 0.220 e. The summed E-state index contributed by atoms with van der Waals surface area (Å²) in [4.78, 5) is 15.7. The Morgan fingerprint density at radius 3 is 2.57 bits per heavy atom. The first kappa shape index (κ1) is 20.5. The average Bonchev–Trinajstić information content (AvgIpc) is 3.40. The maximum absolute atomic E-state index is 12.2. The highest BCUT2D eigenvalue weighted by atomic mass is 32.1. The summed E-state index contributed by atoms with van der Waals surface area (Å²) in [6.45, 7) is 6.70. The summed E-state index contributed by atoms with van der Waals surface area (Å²) < 4.78 is 1.83. The number of aryl methyl sites for hydroxylation is 1. The van der Waals surface area contributed by atoms with Crippen LogP contribution in [0.4, 0.5) is 5.82 Å². The van der Waals surface area contributed by atoms with Crippen molar-refractivity contribution in [2.45, 2.75) is 52.5 Å². The third kappa shape index (κ3) is 4.70. The Morgan fingerprint density at radius 1 is 1.10 bits per heavy atom. The monoisotopic (exact) mass is 424 g/mol. The molecule has 0 bridgehead atoms. The molecule has 1 amide bonds. The van der Waals surface area contributed by atoms with Gasteiger partial charge in [0.15, 0.2) is 11.6 Å². The predicted octanol–water partition coefficient (Wildman–Crippen LogP) is 3.58. The largest absolute Gasteiger partial charge is 0.355 e. The zero-order chi connectivity index (χ0) is 20.9. The van der Waals surface area contributed by atoms with Crippen LogP contribution in [0.3, 0.4) is 0 Å². The predicted molar refractivity (Wildman–Crippen MR) is 119 cm³/mol. The molecule has 30 heavy (non-hydrogen) atoms. The molecule has 1 fully saturated rings. The Labute approximate surface area is 181 Å². The van der Waals surface area contributed by atoms with Gasteiger partial charge in [-0.3, -0.25) is 4.79 Å². The first-order valence-electron chi connectivity index (χ1n) is 10.5. The number of carbonyl (C=O) groups excluding carboxylic acids is 1. The van der Waals surface area contributed by atoms with Gasteiger partial charge < -0.3 is 10.2 Å². The number of hydrogen-bond donors (Lipinski definition) is 1. The molecule has 0 unspecified atom stereocenters. The highest BCUT2D eigenvalue weighted by Gasteiger charge is 2.17. The van der Waals surface area contributed by atoms with E-state index >= 15 is 0 Å². The fourth-order valence-corrected chi connectivity index (χ4v) is 4.55. The smallest absolute Gasteiger partial charge is 0.220 e. The Morgan fingerprint density at radius 2 is 1.87 bits per heavy atom. The van der Waals surface area contributed by atoms with Crippen molar-refractivity contribution in [3.8, 4) is 5.82 Å². The molecule has 1 aliphatic heterocycles. The van der Waals surface area contributed by atoms with Crippen LogP contribution in [-0.2, 0) is 17.8 Å². The van der Waals surface area contributed by atoms with Crippen molar-refractivity contribution >= 4 is 23.1 Å². The highest BCUT2D eigenvalue weighted by Crippen LogP contribution is 2.21. The molecule has 1 N–H and O–H groups in total. The standard InChI is InChI=1S/C22H28N6OS/c1-16-19(8-11-22(29)23-15-18-7-6-14-30-18)17(2)28(26-16)21-10-9-20(24-25-21)27-12-4-3-5-13-27/h6-7,9-10,14H,3-5,8,11-13,15H2,1-2H3,(H,23,29). The van der Waals surface area contributed by atoms with E-state index in [1.54, 1.807) is 11.3 Å². The fourth-order valence-electron chi connectivity index (χ4n) is 3.91. The molecule has 158 valence electrons. The number of anilines is 1. The number of carbonyl (C=O) groups is 1. The summed E-state index contributed by atoms with van der Waals surface area (Å²) in [6, 6.07) is 8.03. The van der Waals surface area contributed by atoms with Gasteiger partial charge in [0.1, 0.15) is 0 Å². The summed E-state index contributed by atoms with van der Waals surface area (Å²) in [5.41, 5.74) is 3.04. The molecular formula is C22H28N6OS. The number of thiophene rings is 1. The minimum atomic E-state index is 0.0561. The summed E-state index contributed by atoms with van der Waals surface area (Å²) >= 11 is 1.65. The van der Waals surface area contributed by atoms with Gasteiger partial charge in [-0.2, -0.15) is 5.10 Å². The lowest BCUT2D eigenvalue weighted by atomic mass is 10.1. The van der Waals surface area contributed by atoms with Crippen molar-refractivity contribution in [1.82, 2.24) is 25.3 Å². The van der Waals surface area contributed by atoms with E-state index in [1.807, 2.05) is 48.2 Å². The van der Waals surface area contributed by atoms with Crippen molar-refractivity contribution in [2.75, 3.05) is 18.0 Å². The third-order valence-corrected chi connectivity index (χ3v) is 6.49. The van der Waals surface area contributed by atoms with Gasteiger partial charge in [0.2, 0.25) is 5.91 Å². The number of hydrogen-bond acceptors (Lipinski definition) is 6. The van der Waals surface area contributed by atoms with Crippen LogP contribution in [0.2, 0.25) is 0 Å². The van der Waals surface area contributed by atoms with Gasteiger partial charge >= 0.3 is 0 Å². The SMILES string of the molecule is Cc1nn(-c2ccc(N3CCCCC3)nn2)c(C)c1CCC(=O)NCc1cccs1. The normalized spacial score (nSPS) is 14.1. The van der Waals surface area contributed by atoms with E-state index in [0.29, 0.717) is 25.2 Å². The molecule has 0 spiro atoms. The van der Waals surface area contributed by atoms with Crippen LogP contribution in [0.25, 0.3) is 5.82 Å². The van der Waals surface area contributed by atoms with Gasteiger partial charge in [-0.25, -0.2) is 4.68 Å². The summed E-state index contributed by atoms with van der Waals surface area (Å²) in [5.74, 6) is 1.70. The molecule has 8 heteroatoms. The van der Waals surface area contributed by atoms with Crippen molar-refractivity contribution in [3.63, 3.8) is 0 Å². The van der Waals surface area contributed by atoms with Crippen LogP contribution in [0.1, 0.15) is 47.5 Å². The lowest BCUT2D eigenvalue weighted by Crippen LogP contribution is -2.30. The van der Waals surface area contributed by atoms with E-state index in [-0.39, 0.29) is 5.91 Å². The Hall–Kier alpha value is -2.74. The third-order valence-electron chi connectivity index (χ3n) is 5.62. The molecule has 1 aliphatic rings. The molecule has 4 rings (SSSR count). The second-order valence-electron chi connectivity index (χ2n) is 7.71. The molecule has 0 atom stereocenters. The Kier molecular flexibility index (Phi) is 6.42. The molecular weight excluding hydrogens is 396 g/mol. The van der Waals surface area contributed by atoms with Gasteiger partial charge in [0.05, 0.1) is 12.2 Å². The first-order chi connectivity index (χ1) is 14.6. The second kappa shape index (κ2) is 9.38. The van der Waals surface area contributed by atoms with Crippen LogP contribution >= 0.6 is 11.3 Å². The van der Waals surface area contributed by atoms with Gasteiger partial charge in [-0.15, -0.1) is 21.5 Å². The molecule has 3 aromatic heterocycles. The van der Waals surface area contributed by atoms with Crippen LogP contribution in [0.15, 0.2) is 29.6 Å². The average molecular weight is 425 g/mol. The number of aromatic nitrogens is 4. The number of nitrogens with one attached hydrogen (secondary N) is 1. The first-order valence-corrected chi connectivity index (χ1v) is 11.4. The van der Waals surface area contributed by atoms with E-state index in [9.17, 15) is 4.79 Å². The van der Waals surface area contributed by atoms with E-state index < -0.39 is 0 Å². The maximum atomic E-state index is 12.2. The summed E-state index contributed by atoms with van der Waals surface area (Å²) in [6.07, 6.45) is 4.82. The molecule has 4 heterocycles. The van der Waals surface area contributed by atoms with Crippen molar-refractivity contribution in [2.24, 2.45) is 0 Å². The van der Waals surface area contributed by atoms with Gasteiger partial charge in [-0.1, -0.05) is 6.07 Å². The van der Waals surface area contributed by atoms with Crippen LogP contribution in [0.5, 0.6) is 0 Å². The number of piperidine rings is 1. The molecule has 0 saturated carbocycles. The minimum absolute atomic E-state index is 0.0561. The zero-order valence-corrected chi connectivity index (χ0v) is 18.4. The van der Waals surface area contributed by atoms with Crippen LogP contribution in [-0.4, -0.2) is 39.0 Å². The van der Waals surface area contributed by atoms with E-state index in [2.05, 4.69) is 25.5 Å². The molecule has 0 aromatic carbocycles. The second-order valence-corrected chi connectivity index (χ2v) is 8.75. The van der Waals surface area contributed by atoms with Gasteiger partial charge in [0, 0.05) is 30.1 Å². The Balaban J connectivity index is 1.39. The van der Waals surface area contributed by atoms with Crippen LogP contribution in [0, 0.1) is 13.8 Å². The summed E-state index contributed by atoms with van der Waals surface area (Å²) in [5, 5.41) is 18.5. The number of amides is 1. The number of rotatable bonds is 7. The fraction of sp³-hybridized carbons (Fsp3) is 0.455. The molecule has 7 nitrogen and oxygen atoms in total. The van der Waals surface area contributed by atoms with E-state index in [1.165, 1.54) is 19.3 Å². The van der Waals surface area contributed by atoms with Crippen LogP contribution < -0.4 is 10.2 Å². The Bertz CT molecular complexity index is 974.